The van der Waals surface area contributed by atoms with Gasteiger partial charge in [0.25, 0.3) is 5.56 Å². The molecule has 3 rings (SSSR count). The lowest BCUT2D eigenvalue weighted by Gasteiger charge is -2.36. The third-order valence-corrected chi connectivity index (χ3v) is 4.28. The van der Waals surface area contributed by atoms with Crippen molar-refractivity contribution >= 4 is 0 Å². The summed E-state index contributed by atoms with van der Waals surface area (Å²) in [4.78, 5) is 25.6. The topological polar surface area (TPSA) is 123 Å². The third kappa shape index (κ3) is 2.22. The van der Waals surface area contributed by atoms with Gasteiger partial charge in [-0.15, -0.1) is 0 Å². The number of ether oxygens (including phenoxy) is 3. The molecule has 0 saturated carbocycles. The maximum absolute atomic E-state index is 12.0. The number of aliphatic hydroxyl groups excluding tert-OH is 1. The van der Waals surface area contributed by atoms with Gasteiger partial charge in [-0.1, -0.05) is 0 Å². The van der Waals surface area contributed by atoms with E-state index in [1.807, 2.05) is 0 Å². The quantitative estimate of drug-likeness (QED) is 0.590. The van der Waals surface area contributed by atoms with Crippen LogP contribution in [0.2, 0.25) is 0 Å². The van der Waals surface area contributed by atoms with Crippen molar-refractivity contribution < 1.29 is 24.4 Å². The van der Waals surface area contributed by atoms with E-state index in [1.54, 1.807) is 6.92 Å². The zero-order chi connectivity index (χ0) is 16.0. The van der Waals surface area contributed by atoms with E-state index < -0.39 is 35.3 Å². The molecule has 0 amide bonds. The summed E-state index contributed by atoms with van der Waals surface area (Å²) in [5, 5.41) is 20.5. The van der Waals surface area contributed by atoms with Crippen LogP contribution in [0, 0.1) is 6.92 Å². The summed E-state index contributed by atoms with van der Waals surface area (Å²) < 4.78 is 17.4. The molecule has 0 spiro atoms. The van der Waals surface area contributed by atoms with E-state index in [1.165, 1.54) is 10.8 Å². The standard InChI is InChI=1S/C13H18N2O7/c1-8-3-15(11(18)14-10(8)17)9-2-12(19)5-20-7-21-6-13(12,4-16)22-9/h3,9,16,19H,2,4-7H2,1H3,(H,14,17,18)/t9-,12-,13+/m1/s1. The van der Waals surface area contributed by atoms with Crippen LogP contribution in [-0.2, 0) is 14.2 Å². The van der Waals surface area contributed by atoms with Crippen LogP contribution >= 0.6 is 0 Å². The molecule has 122 valence electrons. The number of hydrogen-bond acceptors (Lipinski definition) is 7. The van der Waals surface area contributed by atoms with Gasteiger partial charge in [-0.3, -0.25) is 14.3 Å². The summed E-state index contributed by atoms with van der Waals surface area (Å²) in [7, 11) is 0. The molecule has 2 fully saturated rings. The molecule has 1 aromatic rings. The molecule has 3 N–H and O–H groups in total. The SMILES string of the molecule is Cc1cn([C@H]2C[C@@]3(O)COCOC[C@]3(CO)O2)c(=O)[nH]c1=O. The van der Waals surface area contributed by atoms with Gasteiger partial charge in [0.15, 0.2) is 0 Å². The summed E-state index contributed by atoms with van der Waals surface area (Å²) in [5.74, 6) is 0. The van der Waals surface area contributed by atoms with Crippen molar-refractivity contribution in [3.63, 3.8) is 0 Å². The van der Waals surface area contributed by atoms with Crippen LogP contribution in [0.3, 0.4) is 0 Å². The van der Waals surface area contributed by atoms with E-state index >= 15 is 0 Å². The van der Waals surface area contributed by atoms with Crippen molar-refractivity contribution in [1.82, 2.24) is 9.55 Å². The minimum Gasteiger partial charge on any atom is -0.393 e. The fourth-order valence-electron chi connectivity index (χ4n) is 2.91. The van der Waals surface area contributed by atoms with Crippen molar-refractivity contribution in [2.24, 2.45) is 0 Å². The molecule has 3 heterocycles. The number of aromatic nitrogens is 2. The van der Waals surface area contributed by atoms with Gasteiger partial charge in [0.1, 0.15) is 24.2 Å². The van der Waals surface area contributed by atoms with E-state index in [0.717, 1.165) is 0 Å². The van der Waals surface area contributed by atoms with Gasteiger partial charge in [0.05, 0.1) is 19.8 Å². The second-order valence-corrected chi connectivity index (χ2v) is 5.75. The van der Waals surface area contributed by atoms with E-state index in [-0.39, 0.29) is 26.4 Å². The Morgan fingerprint density at radius 2 is 2.14 bits per heavy atom. The lowest BCUT2D eigenvalue weighted by atomic mass is 9.84. The van der Waals surface area contributed by atoms with Crippen LogP contribution in [0.25, 0.3) is 0 Å². The number of rotatable bonds is 2. The molecule has 22 heavy (non-hydrogen) atoms. The summed E-state index contributed by atoms with van der Waals surface area (Å²) in [6, 6.07) is 0. The van der Waals surface area contributed by atoms with Gasteiger partial charge in [-0.2, -0.15) is 0 Å². The lowest BCUT2D eigenvalue weighted by molar-refractivity contribution is -0.181. The van der Waals surface area contributed by atoms with Gasteiger partial charge in [-0.25, -0.2) is 4.79 Å². The number of aryl methyl sites for hydroxylation is 1. The lowest BCUT2D eigenvalue weighted by Crippen LogP contribution is -2.57. The normalized spacial score (nSPS) is 35.1. The summed E-state index contributed by atoms with van der Waals surface area (Å²) in [6.45, 7) is 0.926. The van der Waals surface area contributed by atoms with Crippen LogP contribution in [-0.4, -0.2) is 57.6 Å². The predicted octanol–water partition coefficient (Wildman–Crippen LogP) is -1.77. The summed E-state index contributed by atoms with van der Waals surface area (Å²) in [5.41, 5.74) is -3.65. The number of H-pyrrole nitrogens is 1. The van der Waals surface area contributed by atoms with Crippen molar-refractivity contribution in [3.05, 3.63) is 32.6 Å². The van der Waals surface area contributed by atoms with Crippen LogP contribution in [0.1, 0.15) is 18.2 Å². The number of nitrogens with one attached hydrogen (secondary N) is 1. The fourth-order valence-corrected chi connectivity index (χ4v) is 2.91. The molecule has 0 aromatic carbocycles. The molecule has 2 saturated heterocycles. The first-order valence-corrected chi connectivity index (χ1v) is 6.89. The molecule has 0 aliphatic carbocycles. The number of aromatic amines is 1. The second kappa shape index (κ2) is 5.28. The van der Waals surface area contributed by atoms with Crippen LogP contribution in [0.4, 0.5) is 0 Å². The van der Waals surface area contributed by atoms with Gasteiger partial charge in [0.2, 0.25) is 0 Å². The molecule has 0 unspecified atom stereocenters. The second-order valence-electron chi connectivity index (χ2n) is 5.75. The Morgan fingerprint density at radius 1 is 1.41 bits per heavy atom. The maximum Gasteiger partial charge on any atom is 0.330 e. The highest BCUT2D eigenvalue weighted by molar-refractivity contribution is 5.09. The number of fused-ring (bicyclic) bond motifs is 1. The Morgan fingerprint density at radius 3 is 2.86 bits per heavy atom. The van der Waals surface area contributed by atoms with E-state index in [2.05, 4.69) is 4.98 Å². The molecule has 2 aliphatic heterocycles. The van der Waals surface area contributed by atoms with Gasteiger partial charge in [-0.05, 0) is 6.92 Å². The zero-order valence-corrected chi connectivity index (χ0v) is 12.1. The Hall–Kier alpha value is -1.52. The first-order chi connectivity index (χ1) is 10.4. The molecule has 3 atom stereocenters. The highest BCUT2D eigenvalue weighted by Gasteiger charge is 2.61. The highest BCUT2D eigenvalue weighted by Crippen LogP contribution is 2.45. The van der Waals surface area contributed by atoms with Crippen LogP contribution < -0.4 is 11.2 Å². The summed E-state index contributed by atoms with van der Waals surface area (Å²) in [6.07, 6.45) is 0.556. The van der Waals surface area contributed by atoms with E-state index in [9.17, 15) is 19.8 Å². The zero-order valence-electron chi connectivity index (χ0n) is 12.1. The van der Waals surface area contributed by atoms with Gasteiger partial charge in [0, 0.05) is 18.2 Å². The molecule has 0 bridgehead atoms. The molecule has 1 aromatic heterocycles. The fraction of sp³-hybridized carbons (Fsp3) is 0.692. The van der Waals surface area contributed by atoms with Crippen molar-refractivity contribution in [2.45, 2.75) is 30.8 Å². The van der Waals surface area contributed by atoms with Gasteiger partial charge >= 0.3 is 5.69 Å². The third-order valence-electron chi connectivity index (χ3n) is 4.28. The predicted molar refractivity (Wildman–Crippen MR) is 72.3 cm³/mol. The molecule has 0 radical (unpaired) electrons. The van der Waals surface area contributed by atoms with Gasteiger partial charge < -0.3 is 24.4 Å². The van der Waals surface area contributed by atoms with E-state index in [4.69, 9.17) is 14.2 Å². The largest absolute Gasteiger partial charge is 0.393 e. The number of aliphatic hydroxyl groups is 2. The molecular formula is C13H18N2O7. The first-order valence-electron chi connectivity index (χ1n) is 6.89. The van der Waals surface area contributed by atoms with Crippen LogP contribution in [0.5, 0.6) is 0 Å². The van der Waals surface area contributed by atoms with Crippen molar-refractivity contribution in [2.75, 3.05) is 26.6 Å². The van der Waals surface area contributed by atoms with E-state index in [0.29, 0.717) is 5.56 Å². The Bertz CT molecular complexity index is 684. The smallest absolute Gasteiger partial charge is 0.330 e. The monoisotopic (exact) mass is 314 g/mol. The summed E-state index contributed by atoms with van der Waals surface area (Å²) >= 11 is 0. The average Bonchev–Trinajstić information content (AvgIpc) is 2.66. The highest BCUT2D eigenvalue weighted by atomic mass is 16.7. The Labute approximate surface area is 125 Å². The maximum atomic E-state index is 12.0. The number of nitrogens with zero attached hydrogens (tertiary/aromatic N) is 1. The number of hydrogen-bond donors (Lipinski definition) is 3. The Balaban J connectivity index is 2.01. The minimum absolute atomic E-state index is 0.00417. The first kappa shape index (κ1) is 15.4. The average molecular weight is 314 g/mol. The van der Waals surface area contributed by atoms with Crippen LogP contribution in [0.15, 0.2) is 15.8 Å². The Kier molecular flexibility index (Phi) is 3.69. The molecule has 9 heteroatoms. The minimum atomic E-state index is -1.49. The molecular weight excluding hydrogens is 296 g/mol. The molecule has 9 nitrogen and oxygen atoms in total. The van der Waals surface area contributed by atoms with Crippen molar-refractivity contribution in [1.29, 1.82) is 0 Å². The van der Waals surface area contributed by atoms with Crippen molar-refractivity contribution in [3.8, 4) is 0 Å². The molecule has 2 aliphatic rings.